The lowest BCUT2D eigenvalue weighted by Gasteiger charge is -2.05. The average molecular weight is 230 g/mol. The molecule has 1 heterocycles. The summed E-state index contributed by atoms with van der Waals surface area (Å²) in [5.74, 6) is -0.896. The van der Waals surface area contributed by atoms with Crippen LogP contribution < -0.4 is 0 Å². The number of benzene rings is 1. The Morgan fingerprint density at radius 2 is 2.12 bits per heavy atom. The summed E-state index contributed by atoms with van der Waals surface area (Å²) in [7, 11) is 0. The number of rotatable bonds is 4. The summed E-state index contributed by atoms with van der Waals surface area (Å²) < 4.78 is 0. The Morgan fingerprint density at radius 3 is 2.71 bits per heavy atom. The standard InChI is InChI=1S/C13H14N2O2/c1-2-10(13(16)17)12-14-8-11(15-12)9-6-4-3-5-7-9/h3-8,10H,2H2,1H3,(H,14,15)(H,16,17). The third-order valence-corrected chi connectivity index (χ3v) is 2.72. The van der Waals surface area contributed by atoms with Crippen LogP contribution in [0.4, 0.5) is 0 Å². The molecule has 0 fully saturated rings. The van der Waals surface area contributed by atoms with Gasteiger partial charge in [-0.3, -0.25) is 4.79 Å². The summed E-state index contributed by atoms with van der Waals surface area (Å²) >= 11 is 0. The number of aliphatic carboxylic acids is 1. The minimum Gasteiger partial charge on any atom is -0.481 e. The second-order valence-corrected chi connectivity index (χ2v) is 3.85. The van der Waals surface area contributed by atoms with E-state index in [9.17, 15) is 4.79 Å². The highest BCUT2D eigenvalue weighted by Crippen LogP contribution is 2.21. The highest BCUT2D eigenvalue weighted by atomic mass is 16.4. The molecule has 4 heteroatoms. The number of aromatic amines is 1. The van der Waals surface area contributed by atoms with E-state index in [1.807, 2.05) is 37.3 Å². The zero-order chi connectivity index (χ0) is 12.3. The molecule has 1 aromatic heterocycles. The summed E-state index contributed by atoms with van der Waals surface area (Å²) in [6, 6.07) is 9.72. The molecule has 2 aromatic rings. The van der Waals surface area contributed by atoms with E-state index in [2.05, 4.69) is 9.97 Å². The van der Waals surface area contributed by atoms with Crippen molar-refractivity contribution >= 4 is 5.97 Å². The molecular weight excluding hydrogens is 216 g/mol. The molecule has 2 rings (SSSR count). The summed E-state index contributed by atoms with van der Waals surface area (Å²) in [5.41, 5.74) is 1.85. The van der Waals surface area contributed by atoms with Crippen molar-refractivity contribution in [3.8, 4) is 11.3 Å². The molecule has 1 aromatic carbocycles. The second kappa shape index (κ2) is 4.82. The van der Waals surface area contributed by atoms with Crippen molar-refractivity contribution < 1.29 is 9.90 Å². The number of aromatic nitrogens is 2. The quantitative estimate of drug-likeness (QED) is 0.848. The molecule has 4 nitrogen and oxygen atoms in total. The molecule has 0 spiro atoms. The van der Waals surface area contributed by atoms with Gasteiger partial charge in [0.15, 0.2) is 0 Å². The Hall–Kier alpha value is -2.10. The Kier molecular flexibility index (Phi) is 3.23. The van der Waals surface area contributed by atoms with Crippen LogP contribution in [0.25, 0.3) is 11.3 Å². The van der Waals surface area contributed by atoms with Gasteiger partial charge in [0.2, 0.25) is 0 Å². The Morgan fingerprint density at radius 1 is 1.41 bits per heavy atom. The lowest BCUT2D eigenvalue weighted by Crippen LogP contribution is -2.11. The van der Waals surface area contributed by atoms with Gasteiger partial charge in [-0.2, -0.15) is 0 Å². The van der Waals surface area contributed by atoms with Crippen LogP contribution in [-0.4, -0.2) is 21.0 Å². The van der Waals surface area contributed by atoms with E-state index in [0.717, 1.165) is 11.3 Å². The first-order valence-corrected chi connectivity index (χ1v) is 5.55. The molecule has 1 unspecified atom stereocenters. The number of nitrogens with zero attached hydrogens (tertiary/aromatic N) is 1. The van der Waals surface area contributed by atoms with Crippen LogP contribution in [0.3, 0.4) is 0 Å². The fraction of sp³-hybridized carbons (Fsp3) is 0.231. The Labute approximate surface area is 99.3 Å². The lowest BCUT2D eigenvalue weighted by atomic mass is 10.1. The Balaban J connectivity index is 2.30. The van der Waals surface area contributed by atoms with Gasteiger partial charge < -0.3 is 10.1 Å². The molecule has 1 atom stereocenters. The number of hydrogen-bond acceptors (Lipinski definition) is 2. The van der Waals surface area contributed by atoms with E-state index in [-0.39, 0.29) is 0 Å². The summed E-state index contributed by atoms with van der Waals surface area (Å²) in [5, 5.41) is 9.05. The topological polar surface area (TPSA) is 66.0 Å². The first-order chi connectivity index (χ1) is 8.22. The van der Waals surface area contributed by atoms with E-state index in [1.54, 1.807) is 6.20 Å². The minimum absolute atomic E-state index is 0.513. The fourth-order valence-electron chi connectivity index (χ4n) is 1.76. The third-order valence-electron chi connectivity index (χ3n) is 2.72. The second-order valence-electron chi connectivity index (χ2n) is 3.85. The maximum absolute atomic E-state index is 11.0. The summed E-state index contributed by atoms with van der Waals surface area (Å²) in [4.78, 5) is 18.2. The molecular formula is C13H14N2O2. The van der Waals surface area contributed by atoms with Crippen LogP contribution in [0.5, 0.6) is 0 Å². The van der Waals surface area contributed by atoms with Crippen molar-refractivity contribution in [1.29, 1.82) is 0 Å². The molecule has 0 aliphatic rings. The van der Waals surface area contributed by atoms with E-state index in [0.29, 0.717) is 12.2 Å². The number of H-pyrrole nitrogens is 1. The number of carbonyl (C=O) groups is 1. The zero-order valence-corrected chi connectivity index (χ0v) is 9.55. The van der Waals surface area contributed by atoms with Crippen molar-refractivity contribution in [3.63, 3.8) is 0 Å². The largest absolute Gasteiger partial charge is 0.481 e. The molecule has 0 saturated carbocycles. The maximum Gasteiger partial charge on any atom is 0.314 e. The molecule has 0 bridgehead atoms. The molecule has 0 saturated heterocycles. The summed E-state index contributed by atoms with van der Waals surface area (Å²) in [6.07, 6.45) is 2.20. The number of imidazole rings is 1. The van der Waals surface area contributed by atoms with Gasteiger partial charge >= 0.3 is 5.97 Å². The molecule has 2 N–H and O–H groups in total. The van der Waals surface area contributed by atoms with Crippen molar-refractivity contribution in [2.75, 3.05) is 0 Å². The molecule has 0 aliphatic carbocycles. The first kappa shape index (κ1) is 11.4. The number of hydrogen-bond donors (Lipinski definition) is 2. The smallest absolute Gasteiger partial charge is 0.314 e. The van der Waals surface area contributed by atoms with Crippen LogP contribution >= 0.6 is 0 Å². The lowest BCUT2D eigenvalue weighted by molar-refractivity contribution is -0.139. The Bertz CT molecular complexity index is 505. The molecule has 17 heavy (non-hydrogen) atoms. The zero-order valence-electron chi connectivity index (χ0n) is 9.55. The average Bonchev–Trinajstić information content (AvgIpc) is 2.80. The van der Waals surface area contributed by atoms with Gasteiger partial charge in [0.1, 0.15) is 11.7 Å². The predicted molar refractivity (Wildman–Crippen MR) is 64.7 cm³/mol. The van der Waals surface area contributed by atoms with Gasteiger partial charge in [-0.05, 0) is 12.0 Å². The van der Waals surface area contributed by atoms with Crippen LogP contribution in [-0.2, 0) is 4.79 Å². The molecule has 0 amide bonds. The van der Waals surface area contributed by atoms with Crippen molar-refractivity contribution in [2.24, 2.45) is 0 Å². The third kappa shape index (κ3) is 2.36. The van der Waals surface area contributed by atoms with Crippen LogP contribution in [0.2, 0.25) is 0 Å². The molecule has 88 valence electrons. The van der Waals surface area contributed by atoms with E-state index in [1.165, 1.54) is 0 Å². The van der Waals surface area contributed by atoms with Crippen LogP contribution in [0.1, 0.15) is 25.1 Å². The van der Waals surface area contributed by atoms with Crippen molar-refractivity contribution in [1.82, 2.24) is 9.97 Å². The predicted octanol–water partition coefficient (Wildman–Crippen LogP) is 2.65. The van der Waals surface area contributed by atoms with Crippen molar-refractivity contribution in [3.05, 3.63) is 42.4 Å². The van der Waals surface area contributed by atoms with E-state index in [4.69, 9.17) is 5.11 Å². The van der Waals surface area contributed by atoms with Gasteiger partial charge in [0, 0.05) is 0 Å². The van der Waals surface area contributed by atoms with Crippen LogP contribution in [0.15, 0.2) is 36.5 Å². The summed E-state index contributed by atoms with van der Waals surface area (Å²) in [6.45, 7) is 1.84. The first-order valence-electron chi connectivity index (χ1n) is 5.55. The normalized spacial score (nSPS) is 12.3. The van der Waals surface area contributed by atoms with Gasteiger partial charge in [0.05, 0.1) is 11.9 Å². The number of nitrogens with one attached hydrogen (secondary N) is 1. The van der Waals surface area contributed by atoms with Gasteiger partial charge in [-0.25, -0.2) is 4.98 Å². The minimum atomic E-state index is -0.846. The maximum atomic E-state index is 11.0. The van der Waals surface area contributed by atoms with Gasteiger partial charge in [-0.1, -0.05) is 37.3 Å². The van der Waals surface area contributed by atoms with Gasteiger partial charge in [-0.15, -0.1) is 0 Å². The van der Waals surface area contributed by atoms with Gasteiger partial charge in [0.25, 0.3) is 0 Å². The number of carboxylic acids is 1. The van der Waals surface area contributed by atoms with Crippen molar-refractivity contribution in [2.45, 2.75) is 19.3 Å². The highest BCUT2D eigenvalue weighted by molar-refractivity contribution is 5.75. The molecule has 0 radical (unpaired) electrons. The monoisotopic (exact) mass is 230 g/mol. The molecule has 0 aliphatic heterocycles. The SMILES string of the molecule is CCC(C(=O)O)c1ncc(-c2ccccc2)[nH]1. The number of carboxylic acid groups (broad SMARTS) is 1. The van der Waals surface area contributed by atoms with Crippen LogP contribution in [0, 0.1) is 0 Å². The fourth-order valence-corrected chi connectivity index (χ4v) is 1.76. The highest BCUT2D eigenvalue weighted by Gasteiger charge is 2.20. The van der Waals surface area contributed by atoms with E-state index < -0.39 is 11.9 Å². The van der Waals surface area contributed by atoms with E-state index >= 15 is 0 Å².